The van der Waals surface area contributed by atoms with Crippen molar-refractivity contribution >= 4 is 22.8 Å². The number of carbonyl (C=O) groups excluding carboxylic acids is 2. The number of hydrogen-bond donors (Lipinski definition) is 1. The average Bonchev–Trinajstić information content (AvgIpc) is 2.94. The molecule has 1 unspecified atom stereocenters. The summed E-state index contributed by atoms with van der Waals surface area (Å²) in [5.74, 6) is -0.0592. The van der Waals surface area contributed by atoms with E-state index in [1.54, 1.807) is 0 Å². The maximum absolute atomic E-state index is 12.5. The van der Waals surface area contributed by atoms with E-state index in [-0.39, 0.29) is 11.9 Å². The first-order chi connectivity index (χ1) is 11.1. The summed E-state index contributed by atoms with van der Waals surface area (Å²) in [5.41, 5.74) is 1.09. The van der Waals surface area contributed by atoms with Crippen LogP contribution < -0.4 is 5.32 Å². The summed E-state index contributed by atoms with van der Waals surface area (Å²) in [5, 5.41) is 4.93. The molecule has 5 heteroatoms. The first-order valence-corrected chi connectivity index (χ1v) is 7.74. The summed E-state index contributed by atoms with van der Waals surface area (Å²) in [6.07, 6.45) is 0.0369. The number of likely N-dealkylation sites (tertiary alicyclic amines) is 1. The predicted molar refractivity (Wildman–Crippen MR) is 88.0 cm³/mol. The molecule has 2 aromatic carbocycles. The Kier molecular flexibility index (Phi) is 4.19. The molecular weight excluding hydrogens is 292 g/mol. The molecule has 2 aromatic rings. The monoisotopic (exact) mass is 312 g/mol. The molecular formula is C18H20N2O3. The van der Waals surface area contributed by atoms with Crippen molar-refractivity contribution in [1.29, 1.82) is 0 Å². The van der Waals surface area contributed by atoms with Crippen LogP contribution in [0.1, 0.15) is 24.9 Å². The van der Waals surface area contributed by atoms with Gasteiger partial charge in [-0.15, -0.1) is 0 Å². The van der Waals surface area contributed by atoms with Crippen molar-refractivity contribution in [3.05, 3.63) is 48.0 Å². The second-order valence-electron chi connectivity index (χ2n) is 5.79. The van der Waals surface area contributed by atoms with Gasteiger partial charge in [-0.1, -0.05) is 36.4 Å². The summed E-state index contributed by atoms with van der Waals surface area (Å²) in [4.78, 5) is 25.6. The molecule has 1 fully saturated rings. The zero-order chi connectivity index (χ0) is 16.4. The molecule has 3 rings (SSSR count). The first-order valence-electron chi connectivity index (χ1n) is 7.74. The fourth-order valence-corrected chi connectivity index (χ4v) is 3.07. The summed E-state index contributed by atoms with van der Waals surface area (Å²) in [6, 6.07) is 13.9. The molecule has 5 nitrogen and oxygen atoms in total. The van der Waals surface area contributed by atoms with Gasteiger partial charge in [-0.3, -0.25) is 4.79 Å². The molecule has 1 aliphatic rings. The third-order valence-corrected chi connectivity index (χ3v) is 4.44. The van der Waals surface area contributed by atoms with Crippen LogP contribution in [-0.4, -0.2) is 36.6 Å². The molecule has 2 atom stereocenters. The Bertz CT molecular complexity index is 744. The Morgan fingerprint density at radius 2 is 2.00 bits per heavy atom. The fourth-order valence-electron chi connectivity index (χ4n) is 3.07. The van der Waals surface area contributed by atoms with E-state index >= 15 is 0 Å². The van der Waals surface area contributed by atoms with Crippen LogP contribution in [0.2, 0.25) is 0 Å². The highest BCUT2D eigenvalue weighted by Crippen LogP contribution is 2.28. The number of alkyl carbamates (subject to hydrolysis) is 1. The summed E-state index contributed by atoms with van der Waals surface area (Å²) < 4.78 is 4.57. The van der Waals surface area contributed by atoms with Crippen LogP contribution in [0.4, 0.5) is 4.79 Å². The molecule has 1 aliphatic heterocycles. The number of benzene rings is 2. The molecule has 0 spiro atoms. The van der Waals surface area contributed by atoms with Crippen molar-refractivity contribution in [3.8, 4) is 0 Å². The van der Waals surface area contributed by atoms with Gasteiger partial charge in [-0.2, -0.15) is 0 Å². The van der Waals surface area contributed by atoms with Crippen LogP contribution in [0.5, 0.6) is 0 Å². The number of methoxy groups -OCH3 is 1. The van der Waals surface area contributed by atoms with Crippen LogP contribution in [0.15, 0.2) is 42.5 Å². The van der Waals surface area contributed by atoms with E-state index in [1.165, 1.54) is 12.5 Å². The number of ether oxygens (including phenoxy) is 1. The third kappa shape index (κ3) is 2.99. The molecule has 0 bridgehead atoms. The Morgan fingerprint density at radius 1 is 1.26 bits per heavy atom. The van der Waals surface area contributed by atoms with Gasteiger partial charge in [0.15, 0.2) is 0 Å². The number of amides is 2. The van der Waals surface area contributed by atoms with Crippen LogP contribution in [0.25, 0.3) is 10.8 Å². The smallest absolute Gasteiger partial charge is 0.407 e. The Labute approximate surface area is 135 Å². The molecule has 0 saturated carbocycles. The van der Waals surface area contributed by atoms with Crippen molar-refractivity contribution < 1.29 is 14.3 Å². The third-order valence-electron chi connectivity index (χ3n) is 4.44. The number of hydrogen-bond acceptors (Lipinski definition) is 3. The minimum Gasteiger partial charge on any atom is -0.453 e. The minimum absolute atomic E-state index is 0.0310. The molecule has 1 saturated heterocycles. The second-order valence-corrected chi connectivity index (χ2v) is 5.79. The molecule has 0 aromatic heterocycles. The zero-order valence-corrected chi connectivity index (χ0v) is 13.3. The summed E-state index contributed by atoms with van der Waals surface area (Å²) in [7, 11) is 1.30. The van der Waals surface area contributed by atoms with E-state index in [4.69, 9.17) is 0 Å². The van der Waals surface area contributed by atoms with Gasteiger partial charge in [0.05, 0.1) is 13.2 Å². The van der Waals surface area contributed by atoms with Gasteiger partial charge in [-0.05, 0) is 35.7 Å². The molecule has 1 N–H and O–H groups in total. The second kappa shape index (κ2) is 6.28. The van der Waals surface area contributed by atoms with Crippen molar-refractivity contribution in [2.24, 2.45) is 0 Å². The SMILES string of the molecule is COC(=O)NC1CCN([C@@H](C)c2ccc3ccccc3c2)C1=O. The number of nitrogens with one attached hydrogen (secondary N) is 1. The Morgan fingerprint density at radius 3 is 2.74 bits per heavy atom. The lowest BCUT2D eigenvalue weighted by Gasteiger charge is -2.25. The van der Waals surface area contributed by atoms with Crippen molar-refractivity contribution in [3.63, 3.8) is 0 Å². The van der Waals surface area contributed by atoms with E-state index in [1.807, 2.05) is 24.0 Å². The maximum Gasteiger partial charge on any atom is 0.407 e. The van der Waals surface area contributed by atoms with E-state index < -0.39 is 12.1 Å². The average molecular weight is 312 g/mol. The minimum atomic E-state index is -0.566. The number of nitrogens with zero attached hydrogens (tertiary/aromatic N) is 1. The molecule has 120 valence electrons. The largest absolute Gasteiger partial charge is 0.453 e. The van der Waals surface area contributed by atoms with Crippen molar-refractivity contribution in [2.75, 3.05) is 13.7 Å². The van der Waals surface area contributed by atoms with Gasteiger partial charge in [0.2, 0.25) is 5.91 Å². The highest BCUT2D eigenvalue weighted by molar-refractivity contribution is 5.88. The highest BCUT2D eigenvalue weighted by atomic mass is 16.5. The number of rotatable bonds is 3. The molecule has 23 heavy (non-hydrogen) atoms. The topological polar surface area (TPSA) is 58.6 Å². The summed E-state index contributed by atoms with van der Waals surface area (Å²) in [6.45, 7) is 2.64. The molecule has 0 radical (unpaired) electrons. The van der Waals surface area contributed by atoms with E-state index in [9.17, 15) is 9.59 Å². The van der Waals surface area contributed by atoms with Crippen LogP contribution in [0, 0.1) is 0 Å². The first kappa shape index (κ1) is 15.3. The lowest BCUT2D eigenvalue weighted by atomic mass is 10.0. The Hall–Kier alpha value is -2.56. The quantitative estimate of drug-likeness (QED) is 0.948. The zero-order valence-electron chi connectivity index (χ0n) is 13.3. The van der Waals surface area contributed by atoms with E-state index in [0.29, 0.717) is 13.0 Å². The maximum atomic E-state index is 12.5. The summed E-state index contributed by atoms with van der Waals surface area (Å²) >= 11 is 0. The van der Waals surface area contributed by atoms with Gasteiger partial charge in [0.1, 0.15) is 6.04 Å². The standard InChI is InChI=1S/C18H20N2O3/c1-12(14-8-7-13-5-3-4-6-15(13)11-14)20-10-9-16(17(20)21)19-18(22)23-2/h3-8,11-12,16H,9-10H2,1-2H3,(H,19,22)/t12-,16?/m0/s1. The van der Waals surface area contributed by atoms with Crippen LogP contribution in [0.3, 0.4) is 0 Å². The number of fused-ring (bicyclic) bond motifs is 1. The van der Waals surface area contributed by atoms with E-state index in [0.717, 1.165) is 10.9 Å². The molecule has 2 amide bonds. The Balaban J connectivity index is 1.78. The number of carbonyl (C=O) groups is 2. The van der Waals surface area contributed by atoms with Gasteiger partial charge < -0.3 is 15.0 Å². The van der Waals surface area contributed by atoms with Crippen molar-refractivity contribution in [2.45, 2.75) is 25.4 Å². The lowest BCUT2D eigenvalue weighted by molar-refractivity contribution is -0.131. The van der Waals surface area contributed by atoms with Gasteiger partial charge in [-0.25, -0.2) is 4.79 Å². The fraction of sp³-hybridized carbons (Fsp3) is 0.333. The van der Waals surface area contributed by atoms with Gasteiger partial charge >= 0.3 is 6.09 Å². The lowest BCUT2D eigenvalue weighted by Crippen LogP contribution is -2.42. The highest BCUT2D eigenvalue weighted by Gasteiger charge is 2.35. The van der Waals surface area contributed by atoms with Gasteiger partial charge in [0, 0.05) is 6.54 Å². The van der Waals surface area contributed by atoms with Crippen LogP contribution >= 0.6 is 0 Å². The normalized spacial score (nSPS) is 19.0. The molecule has 1 heterocycles. The van der Waals surface area contributed by atoms with Crippen molar-refractivity contribution in [1.82, 2.24) is 10.2 Å². The van der Waals surface area contributed by atoms with Crippen LogP contribution in [-0.2, 0) is 9.53 Å². The molecule has 0 aliphatic carbocycles. The predicted octanol–water partition coefficient (Wildman–Crippen LogP) is 2.86. The van der Waals surface area contributed by atoms with E-state index in [2.05, 4.69) is 40.4 Å². The van der Waals surface area contributed by atoms with Gasteiger partial charge in [0.25, 0.3) is 0 Å².